The third-order valence-electron chi connectivity index (χ3n) is 2.81. The second kappa shape index (κ2) is 3.09. The second-order valence-corrected chi connectivity index (χ2v) is 3.50. The Morgan fingerprint density at radius 3 is 2.64 bits per heavy atom. The maximum absolute atomic E-state index is 5.15. The van der Waals surface area contributed by atoms with Gasteiger partial charge in [-0.1, -0.05) is 0 Å². The van der Waals surface area contributed by atoms with Gasteiger partial charge in [0.2, 0.25) is 0 Å². The van der Waals surface area contributed by atoms with Crippen molar-refractivity contribution in [3.8, 4) is 0 Å². The van der Waals surface area contributed by atoms with Crippen LogP contribution in [0, 0.1) is 0 Å². The van der Waals surface area contributed by atoms with Gasteiger partial charge in [-0.25, -0.2) is 0 Å². The molecule has 0 spiro atoms. The van der Waals surface area contributed by atoms with Crippen molar-refractivity contribution in [2.45, 2.75) is 18.5 Å². The lowest BCUT2D eigenvalue weighted by Gasteiger charge is -2.38. The predicted octanol–water partition coefficient (Wildman–Crippen LogP) is -0.321. The Hall–Kier alpha value is -0.120. The fourth-order valence-corrected chi connectivity index (χ4v) is 1.74. The second-order valence-electron chi connectivity index (χ2n) is 3.50. The molecule has 2 rings (SSSR count). The minimum Gasteiger partial charge on any atom is -0.378 e. The van der Waals surface area contributed by atoms with E-state index >= 15 is 0 Å². The molecule has 2 aliphatic rings. The average molecular weight is 156 g/mol. The molecule has 0 amide bonds. The number of hydrogen-bond acceptors (Lipinski definition) is 3. The van der Waals surface area contributed by atoms with Crippen LogP contribution >= 0.6 is 0 Å². The minimum atomic E-state index is 0.694. The van der Waals surface area contributed by atoms with Crippen molar-refractivity contribution in [3.05, 3.63) is 0 Å². The van der Waals surface area contributed by atoms with Crippen LogP contribution in [0.1, 0.15) is 6.42 Å². The van der Waals surface area contributed by atoms with E-state index in [0.717, 1.165) is 25.8 Å². The van der Waals surface area contributed by atoms with E-state index in [9.17, 15) is 0 Å². The van der Waals surface area contributed by atoms with Crippen LogP contribution in [0.15, 0.2) is 0 Å². The topological polar surface area (TPSA) is 24.5 Å². The molecule has 1 atom stereocenters. The van der Waals surface area contributed by atoms with Crippen molar-refractivity contribution in [1.82, 2.24) is 10.2 Å². The van der Waals surface area contributed by atoms with Crippen LogP contribution in [0.25, 0.3) is 0 Å². The van der Waals surface area contributed by atoms with E-state index in [1.165, 1.54) is 13.0 Å². The first kappa shape index (κ1) is 7.53. The van der Waals surface area contributed by atoms with Crippen molar-refractivity contribution in [2.75, 3.05) is 33.4 Å². The van der Waals surface area contributed by atoms with E-state index in [4.69, 9.17) is 4.74 Å². The van der Waals surface area contributed by atoms with E-state index in [0.29, 0.717) is 6.04 Å². The number of rotatable bonds is 2. The molecule has 0 aromatic heterocycles. The normalized spacial score (nSPS) is 32.7. The first-order valence-electron chi connectivity index (χ1n) is 4.38. The summed E-state index contributed by atoms with van der Waals surface area (Å²) in [7, 11) is 2.21. The van der Waals surface area contributed by atoms with Crippen molar-refractivity contribution < 1.29 is 4.74 Å². The van der Waals surface area contributed by atoms with E-state index < -0.39 is 0 Å². The van der Waals surface area contributed by atoms with E-state index in [2.05, 4.69) is 17.3 Å². The van der Waals surface area contributed by atoms with Crippen molar-refractivity contribution in [2.24, 2.45) is 0 Å². The molecule has 0 bridgehead atoms. The highest BCUT2D eigenvalue weighted by Gasteiger charge is 2.29. The van der Waals surface area contributed by atoms with E-state index in [1.807, 2.05) is 0 Å². The minimum absolute atomic E-state index is 0.694. The summed E-state index contributed by atoms with van der Waals surface area (Å²) in [6.45, 7) is 4.22. The molecular formula is C8H16N2O. The highest BCUT2D eigenvalue weighted by molar-refractivity contribution is 4.85. The summed E-state index contributed by atoms with van der Waals surface area (Å²) < 4.78 is 5.15. The Labute approximate surface area is 67.7 Å². The van der Waals surface area contributed by atoms with Crippen molar-refractivity contribution in [3.63, 3.8) is 0 Å². The largest absolute Gasteiger partial charge is 0.378 e. The molecule has 2 aliphatic heterocycles. The van der Waals surface area contributed by atoms with Gasteiger partial charge in [0.25, 0.3) is 0 Å². The van der Waals surface area contributed by atoms with Gasteiger partial charge in [-0.3, -0.25) is 4.90 Å². The molecule has 2 fully saturated rings. The van der Waals surface area contributed by atoms with E-state index in [-0.39, 0.29) is 0 Å². The molecule has 1 N–H and O–H groups in total. The van der Waals surface area contributed by atoms with Crippen LogP contribution < -0.4 is 5.32 Å². The van der Waals surface area contributed by atoms with Gasteiger partial charge in [-0.05, 0) is 20.0 Å². The highest BCUT2D eigenvalue weighted by Crippen LogP contribution is 2.15. The van der Waals surface area contributed by atoms with Gasteiger partial charge in [0.05, 0.1) is 19.3 Å². The number of nitrogens with zero attached hydrogens (tertiary/aromatic N) is 1. The molecule has 0 aromatic rings. The predicted molar refractivity (Wildman–Crippen MR) is 43.6 cm³/mol. The molecule has 2 saturated heterocycles. The molecule has 0 saturated carbocycles. The lowest BCUT2D eigenvalue weighted by atomic mass is 10.1. The van der Waals surface area contributed by atoms with E-state index in [1.54, 1.807) is 0 Å². The van der Waals surface area contributed by atoms with Crippen molar-refractivity contribution in [1.29, 1.82) is 0 Å². The summed E-state index contributed by atoms with van der Waals surface area (Å²) in [5.41, 5.74) is 0. The van der Waals surface area contributed by atoms with Gasteiger partial charge >= 0.3 is 0 Å². The molecular weight excluding hydrogens is 140 g/mol. The summed E-state index contributed by atoms with van der Waals surface area (Å²) in [5.74, 6) is 0. The summed E-state index contributed by atoms with van der Waals surface area (Å²) in [5, 5.41) is 3.37. The molecule has 2 heterocycles. The van der Waals surface area contributed by atoms with Gasteiger partial charge < -0.3 is 10.1 Å². The maximum Gasteiger partial charge on any atom is 0.0645 e. The molecule has 3 nitrogen and oxygen atoms in total. The lowest BCUT2D eigenvalue weighted by Crippen LogP contribution is -2.51. The van der Waals surface area contributed by atoms with Crippen LogP contribution in [-0.2, 0) is 4.74 Å². The summed E-state index contributed by atoms with van der Waals surface area (Å²) in [6.07, 6.45) is 1.30. The molecule has 0 radical (unpaired) electrons. The first-order chi connectivity index (χ1) is 5.38. The van der Waals surface area contributed by atoms with Gasteiger partial charge in [-0.2, -0.15) is 0 Å². The molecule has 0 aliphatic carbocycles. The Bertz CT molecular complexity index is 130. The van der Waals surface area contributed by atoms with Crippen molar-refractivity contribution >= 4 is 0 Å². The molecule has 0 unspecified atom stereocenters. The monoisotopic (exact) mass is 156 g/mol. The smallest absolute Gasteiger partial charge is 0.0645 e. The summed E-state index contributed by atoms with van der Waals surface area (Å²) in [6, 6.07) is 1.45. The Balaban J connectivity index is 1.82. The number of nitrogens with one attached hydrogen (secondary N) is 1. The van der Waals surface area contributed by atoms with Gasteiger partial charge in [0.1, 0.15) is 0 Å². The number of likely N-dealkylation sites (N-methyl/N-ethyl adjacent to an activating group) is 1. The van der Waals surface area contributed by atoms with Gasteiger partial charge in [-0.15, -0.1) is 0 Å². The van der Waals surface area contributed by atoms with Crippen LogP contribution in [0.2, 0.25) is 0 Å². The zero-order valence-electron chi connectivity index (χ0n) is 7.05. The Kier molecular flexibility index (Phi) is 2.11. The standard InChI is InChI=1S/C8H16N2O/c1-10(8-5-11-6-8)7-2-3-9-4-7/h7-9H,2-6H2,1H3/t7-/m1/s1. The molecule has 3 heteroatoms. The quantitative estimate of drug-likeness (QED) is 0.593. The van der Waals surface area contributed by atoms with Crippen LogP contribution in [0.5, 0.6) is 0 Å². The summed E-state index contributed by atoms with van der Waals surface area (Å²) >= 11 is 0. The van der Waals surface area contributed by atoms with Crippen LogP contribution in [0.4, 0.5) is 0 Å². The zero-order chi connectivity index (χ0) is 7.68. The maximum atomic E-state index is 5.15. The van der Waals surface area contributed by atoms with Gasteiger partial charge in [0.15, 0.2) is 0 Å². The first-order valence-corrected chi connectivity index (χ1v) is 4.38. The number of hydrogen-bond donors (Lipinski definition) is 1. The SMILES string of the molecule is CN(C1COC1)[C@@H]1CCNC1. The third kappa shape index (κ3) is 1.41. The Morgan fingerprint density at radius 2 is 2.18 bits per heavy atom. The molecule has 11 heavy (non-hydrogen) atoms. The number of ether oxygens (including phenoxy) is 1. The fraction of sp³-hybridized carbons (Fsp3) is 1.00. The molecule has 64 valence electrons. The van der Waals surface area contributed by atoms with Crippen LogP contribution in [0.3, 0.4) is 0 Å². The Morgan fingerprint density at radius 1 is 1.36 bits per heavy atom. The zero-order valence-corrected chi connectivity index (χ0v) is 7.05. The fourth-order valence-electron chi connectivity index (χ4n) is 1.74. The third-order valence-corrected chi connectivity index (χ3v) is 2.81. The molecule has 0 aromatic carbocycles. The summed E-state index contributed by atoms with van der Waals surface area (Å²) in [4.78, 5) is 2.46. The van der Waals surface area contributed by atoms with Gasteiger partial charge in [0, 0.05) is 12.6 Å². The highest BCUT2D eigenvalue weighted by atomic mass is 16.5. The lowest BCUT2D eigenvalue weighted by molar-refractivity contribution is -0.0669. The average Bonchev–Trinajstić information content (AvgIpc) is 2.32. The van der Waals surface area contributed by atoms with Crippen LogP contribution in [-0.4, -0.2) is 50.3 Å².